The van der Waals surface area contributed by atoms with Crippen molar-refractivity contribution in [2.24, 2.45) is 5.11 Å². The van der Waals surface area contributed by atoms with Crippen LogP contribution in [0.15, 0.2) is 29.4 Å². The zero-order chi connectivity index (χ0) is 12.5. The summed E-state index contributed by atoms with van der Waals surface area (Å²) in [5.74, 6) is 0.00796. The molecular formula is C12H14N4O. The average Bonchev–Trinajstić information content (AvgIpc) is 2.57. The number of hydrogen-bond donors (Lipinski definition) is 0. The molecule has 1 atom stereocenters. The molecule has 88 valence electrons. The number of carbonyl (C=O) groups is 1. The Kier molecular flexibility index (Phi) is 2.77. The van der Waals surface area contributed by atoms with Gasteiger partial charge >= 0.3 is 0 Å². The van der Waals surface area contributed by atoms with Crippen molar-refractivity contribution < 1.29 is 4.79 Å². The van der Waals surface area contributed by atoms with Gasteiger partial charge in [-0.3, -0.25) is 4.79 Å². The number of benzene rings is 1. The summed E-state index contributed by atoms with van der Waals surface area (Å²) < 4.78 is 0. The molecule has 0 aliphatic carbocycles. The van der Waals surface area contributed by atoms with Crippen LogP contribution in [0.1, 0.15) is 19.4 Å². The predicted octanol–water partition coefficient (Wildman–Crippen LogP) is 2.62. The van der Waals surface area contributed by atoms with Gasteiger partial charge in [0.05, 0.1) is 5.41 Å². The number of fused-ring (bicyclic) bond motifs is 1. The molecule has 17 heavy (non-hydrogen) atoms. The number of carbonyl (C=O) groups excluding carboxylic acids is 1. The van der Waals surface area contributed by atoms with Crippen molar-refractivity contribution in [3.63, 3.8) is 0 Å². The lowest BCUT2D eigenvalue weighted by Crippen LogP contribution is -2.40. The maximum Gasteiger partial charge on any atom is 0.237 e. The van der Waals surface area contributed by atoms with Gasteiger partial charge in [0.1, 0.15) is 0 Å². The third-order valence-electron chi connectivity index (χ3n) is 3.27. The maximum absolute atomic E-state index is 12.4. The first-order valence-electron chi connectivity index (χ1n) is 5.57. The van der Waals surface area contributed by atoms with Gasteiger partial charge in [0, 0.05) is 23.7 Å². The summed E-state index contributed by atoms with van der Waals surface area (Å²) in [7, 11) is 0. The number of nitrogens with zero attached hydrogens (tertiary/aromatic N) is 4. The van der Waals surface area contributed by atoms with Crippen LogP contribution in [0.25, 0.3) is 10.4 Å². The standard InChI is InChI=1S/C12H14N4O/c1-3-16-10-7-5-4-6-9(10)12(2,11(16)17)8-14-15-13/h4-7H,3,8H2,1-2H3. The van der Waals surface area contributed by atoms with Crippen LogP contribution in [0.5, 0.6) is 0 Å². The molecule has 0 saturated heterocycles. The highest BCUT2D eigenvalue weighted by Gasteiger charge is 2.45. The van der Waals surface area contributed by atoms with E-state index in [4.69, 9.17) is 5.53 Å². The molecule has 1 unspecified atom stereocenters. The zero-order valence-electron chi connectivity index (χ0n) is 9.92. The molecule has 5 nitrogen and oxygen atoms in total. The van der Waals surface area contributed by atoms with E-state index >= 15 is 0 Å². The summed E-state index contributed by atoms with van der Waals surface area (Å²) in [5, 5.41) is 3.58. The first-order valence-corrected chi connectivity index (χ1v) is 5.57. The number of para-hydroxylation sites is 1. The lowest BCUT2D eigenvalue weighted by molar-refractivity contribution is -0.122. The number of likely N-dealkylation sites (N-methyl/N-ethyl adjacent to an activating group) is 1. The summed E-state index contributed by atoms with van der Waals surface area (Å²) in [6.45, 7) is 4.56. The lowest BCUT2D eigenvalue weighted by atomic mass is 9.84. The predicted molar refractivity (Wildman–Crippen MR) is 65.8 cm³/mol. The molecule has 0 N–H and O–H groups in total. The molecule has 2 rings (SSSR count). The van der Waals surface area contributed by atoms with Crippen molar-refractivity contribution >= 4 is 11.6 Å². The van der Waals surface area contributed by atoms with E-state index in [9.17, 15) is 4.79 Å². The van der Waals surface area contributed by atoms with E-state index < -0.39 is 5.41 Å². The second kappa shape index (κ2) is 4.11. The van der Waals surface area contributed by atoms with E-state index in [-0.39, 0.29) is 12.5 Å². The molecule has 0 saturated carbocycles. The maximum atomic E-state index is 12.4. The first-order chi connectivity index (χ1) is 8.15. The summed E-state index contributed by atoms with van der Waals surface area (Å²) in [5.41, 5.74) is 9.58. The van der Waals surface area contributed by atoms with Crippen molar-refractivity contribution in [3.05, 3.63) is 40.3 Å². The first kappa shape index (κ1) is 11.5. The van der Waals surface area contributed by atoms with E-state index in [0.29, 0.717) is 6.54 Å². The molecule has 1 aliphatic heterocycles. The molecule has 0 spiro atoms. The van der Waals surface area contributed by atoms with Crippen molar-refractivity contribution in [2.75, 3.05) is 18.0 Å². The largest absolute Gasteiger partial charge is 0.312 e. The highest BCUT2D eigenvalue weighted by Crippen LogP contribution is 2.41. The molecule has 0 bridgehead atoms. The van der Waals surface area contributed by atoms with Crippen LogP contribution in [0.4, 0.5) is 5.69 Å². The van der Waals surface area contributed by atoms with Crippen LogP contribution in [0.2, 0.25) is 0 Å². The normalized spacial score (nSPS) is 22.2. The molecular weight excluding hydrogens is 216 g/mol. The van der Waals surface area contributed by atoms with Crippen LogP contribution >= 0.6 is 0 Å². The van der Waals surface area contributed by atoms with E-state index in [0.717, 1.165) is 11.3 Å². The van der Waals surface area contributed by atoms with Gasteiger partial charge in [-0.15, -0.1) is 0 Å². The third kappa shape index (κ3) is 1.56. The van der Waals surface area contributed by atoms with Crippen LogP contribution < -0.4 is 4.90 Å². The molecule has 0 fully saturated rings. The number of hydrogen-bond acceptors (Lipinski definition) is 2. The van der Waals surface area contributed by atoms with Crippen LogP contribution in [0.3, 0.4) is 0 Å². The van der Waals surface area contributed by atoms with Crippen molar-refractivity contribution in [1.82, 2.24) is 0 Å². The Labute approximate surface area is 99.7 Å². The summed E-state index contributed by atoms with van der Waals surface area (Å²) in [6.07, 6.45) is 0. The topological polar surface area (TPSA) is 69.1 Å². The fourth-order valence-corrected chi connectivity index (χ4v) is 2.34. The highest BCUT2D eigenvalue weighted by atomic mass is 16.2. The highest BCUT2D eigenvalue weighted by molar-refractivity contribution is 6.08. The van der Waals surface area contributed by atoms with Gasteiger partial charge in [-0.25, -0.2) is 0 Å². The van der Waals surface area contributed by atoms with Crippen LogP contribution in [-0.4, -0.2) is 19.0 Å². The SMILES string of the molecule is CCN1C(=O)C(C)(CN=[N+]=[N-])c2ccccc21. The number of amides is 1. The minimum absolute atomic E-state index is 0.00796. The molecule has 5 heteroatoms. The van der Waals surface area contributed by atoms with Crippen molar-refractivity contribution in [2.45, 2.75) is 19.3 Å². The van der Waals surface area contributed by atoms with Crippen LogP contribution in [-0.2, 0) is 10.2 Å². The van der Waals surface area contributed by atoms with E-state index in [2.05, 4.69) is 10.0 Å². The Balaban J connectivity index is 2.55. The second-order valence-corrected chi connectivity index (χ2v) is 4.29. The van der Waals surface area contributed by atoms with E-state index in [1.807, 2.05) is 38.1 Å². The van der Waals surface area contributed by atoms with Crippen LogP contribution in [0, 0.1) is 0 Å². The Morgan fingerprint density at radius 2 is 2.18 bits per heavy atom. The zero-order valence-corrected chi connectivity index (χ0v) is 9.92. The molecule has 1 amide bonds. The molecule has 1 aromatic rings. The Bertz CT molecular complexity index is 507. The fraction of sp³-hybridized carbons (Fsp3) is 0.417. The van der Waals surface area contributed by atoms with E-state index in [1.54, 1.807) is 4.90 Å². The number of rotatable bonds is 3. The fourth-order valence-electron chi connectivity index (χ4n) is 2.34. The van der Waals surface area contributed by atoms with Gasteiger partial charge < -0.3 is 4.90 Å². The Morgan fingerprint density at radius 1 is 1.47 bits per heavy atom. The van der Waals surface area contributed by atoms with Crippen molar-refractivity contribution in [3.8, 4) is 0 Å². The van der Waals surface area contributed by atoms with Gasteiger partial charge in [-0.2, -0.15) is 0 Å². The lowest BCUT2D eigenvalue weighted by Gasteiger charge is -2.21. The van der Waals surface area contributed by atoms with Crippen molar-refractivity contribution in [1.29, 1.82) is 0 Å². The molecule has 1 heterocycles. The minimum atomic E-state index is -0.723. The molecule has 0 radical (unpaired) electrons. The summed E-state index contributed by atoms with van der Waals surface area (Å²) in [4.78, 5) is 16.9. The average molecular weight is 230 g/mol. The quantitative estimate of drug-likeness (QED) is 0.447. The monoisotopic (exact) mass is 230 g/mol. The Morgan fingerprint density at radius 3 is 2.82 bits per heavy atom. The minimum Gasteiger partial charge on any atom is -0.312 e. The second-order valence-electron chi connectivity index (χ2n) is 4.29. The van der Waals surface area contributed by atoms with Gasteiger partial charge in [0.25, 0.3) is 0 Å². The summed E-state index contributed by atoms with van der Waals surface area (Å²) >= 11 is 0. The smallest absolute Gasteiger partial charge is 0.237 e. The van der Waals surface area contributed by atoms with Gasteiger partial charge in [-0.05, 0) is 31.0 Å². The number of azide groups is 1. The molecule has 1 aromatic carbocycles. The Hall–Kier alpha value is -2.00. The summed E-state index contributed by atoms with van der Waals surface area (Å²) in [6, 6.07) is 7.67. The van der Waals surface area contributed by atoms with Gasteiger partial charge in [0.15, 0.2) is 0 Å². The van der Waals surface area contributed by atoms with Gasteiger partial charge in [-0.1, -0.05) is 23.3 Å². The van der Waals surface area contributed by atoms with E-state index in [1.165, 1.54) is 0 Å². The van der Waals surface area contributed by atoms with Gasteiger partial charge in [0.2, 0.25) is 5.91 Å². The molecule has 1 aliphatic rings. The third-order valence-corrected chi connectivity index (χ3v) is 3.27. The number of anilines is 1. The molecule has 0 aromatic heterocycles.